The van der Waals surface area contributed by atoms with Crippen molar-refractivity contribution >= 4 is 23.5 Å². The Hall–Kier alpha value is -2.10. The summed E-state index contributed by atoms with van der Waals surface area (Å²) in [5.41, 5.74) is 3.07. The van der Waals surface area contributed by atoms with Crippen molar-refractivity contribution in [2.24, 2.45) is 5.92 Å². The van der Waals surface area contributed by atoms with Gasteiger partial charge in [-0.2, -0.15) is 0 Å². The third-order valence-electron chi connectivity index (χ3n) is 4.36. The molecule has 110 valence electrons. The minimum atomic E-state index is -0.443. The van der Waals surface area contributed by atoms with E-state index in [1.807, 2.05) is 30.3 Å². The molecule has 4 heteroatoms. The standard InChI is InChI=1S/C17H20N2O2/c1-19(17(21)14-7-3-5-9-16(14)20)13-10-12-6-2-4-8-15(12)18-11-13/h2,4,6,8,10,14,18H,3,5,7,9,11H2,1H3. The quantitative estimate of drug-likeness (QED) is 0.849. The average molecular weight is 284 g/mol. The fourth-order valence-corrected chi connectivity index (χ4v) is 3.03. The lowest BCUT2D eigenvalue weighted by atomic mass is 9.87. The van der Waals surface area contributed by atoms with Crippen LogP contribution in [-0.2, 0) is 9.59 Å². The Kier molecular flexibility index (Phi) is 3.78. The minimum Gasteiger partial charge on any atom is -0.379 e. The number of para-hydroxylation sites is 1. The summed E-state index contributed by atoms with van der Waals surface area (Å²) in [6, 6.07) is 8.01. The van der Waals surface area contributed by atoms with Crippen LogP contribution >= 0.6 is 0 Å². The molecule has 1 aromatic carbocycles. The van der Waals surface area contributed by atoms with Crippen LogP contribution in [0, 0.1) is 5.92 Å². The first-order valence-corrected chi connectivity index (χ1v) is 7.50. The van der Waals surface area contributed by atoms with Crippen molar-refractivity contribution in [2.75, 3.05) is 18.9 Å². The van der Waals surface area contributed by atoms with E-state index in [1.165, 1.54) is 0 Å². The van der Waals surface area contributed by atoms with Gasteiger partial charge in [0, 0.05) is 24.9 Å². The SMILES string of the molecule is CN(C(=O)C1CCCCC1=O)C1=Cc2ccccc2NC1. The lowest BCUT2D eigenvalue weighted by Gasteiger charge is -2.29. The molecule has 1 aromatic rings. The molecule has 1 heterocycles. The normalized spacial score (nSPS) is 21.1. The molecule has 1 saturated carbocycles. The van der Waals surface area contributed by atoms with E-state index in [2.05, 4.69) is 5.32 Å². The van der Waals surface area contributed by atoms with Gasteiger partial charge in [-0.15, -0.1) is 0 Å². The van der Waals surface area contributed by atoms with Crippen LogP contribution < -0.4 is 5.32 Å². The number of anilines is 1. The monoisotopic (exact) mass is 284 g/mol. The number of rotatable bonds is 2. The zero-order valence-electron chi connectivity index (χ0n) is 12.3. The molecule has 3 rings (SSSR count). The number of benzene rings is 1. The van der Waals surface area contributed by atoms with Crippen LogP contribution in [0.5, 0.6) is 0 Å². The molecule has 0 bridgehead atoms. The maximum absolute atomic E-state index is 12.6. The summed E-state index contributed by atoms with van der Waals surface area (Å²) < 4.78 is 0. The summed E-state index contributed by atoms with van der Waals surface area (Å²) in [6.45, 7) is 0.611. The maximum Gasteiger partial charge on any atom is 0.237 e. The largest absolute Gasteiger partial charge is 0.379 e. The Morgan fingerprint density at radius 2 is 2.10 bits per heavy atom. The predicted octanol–water partition coefficient (Wildman–Crippen LogP) is 2.67. The molecule has 4 nitrogen and oxygen atoms in total. The fourth-order valence-electron chi connectivity index (χ4n) is 3.03. The highest BCUT2D eigenvalue weighted by Gasteiger charge is 2.32. The van der Waals surface area contributed by atoms with Crippen LogP contribution in [0.25, 0.3) is 6.08 Å². The van der Waals surface area contributed by atoms with Crippen LogP contribution in [0.15, 0.2) is 30.0 Å². The summed E-state index contributed by atoms with van der Waals surface area (Å²) in [4.78, 5) is 26.1. The van der Waals surface area contributed by atoms with Gasteiger partial charge < -0.3 is 10.2 Å². The van der Waals surface area contributed by atoms with Gasteiger partial charge in [0.15, 0.2) is 0 Å². The van der Waals surface area contributed by atoms with Crippen molar-refractivity contribution in [1.82, 2.24) is 4.90 Å². The zero-order chi connectivity index (χ0) is 14.8. The van der Waals surface area contributed by atoms with Gasteiger partial charge in [0.2, 0.25) is 5.91 Å². The molecule has 0 radical (unpaired) electrons. The number of nitrogens with zero attached hydrogens (tertiary/aromatic N) is 1. The molecule has 1 amide bonds. The maximum atomic E-state index is 12.6. The van der Waals surface area contributed by atoms with Crippen LogP contribution in [0.3, 0.4) is 0 Å². The van der Waals surface area contributed by atoms with Crippen LogP contribution in [0.1, 0.15) is 31.2 Å². The number of likely N-dealkylation sites (N-methyl/N-ethyl adjacent to an activating group) is 1. The molecule has 21 heavy (non-hydrogen) atoms. The van der Waals surface area contributed by atoms with E-state index >= 15 is 0 Å². The Labute approximate surface area is 124 Å². The highest BCUT2D eigenvalue weighted by atomic mass is 16.2. The van der Waals surface area contributed by atoms with Crippen molar-refractivity contribution in [2.45, 2.75) is 25.7 Å². The lowest BCUT2D eigenvalue weighted by molar-refractivity contribution is -0.140. The van der Waals surface area contributed by atoms with E-state index in [0.717, 1.165) is 29.8 Å². The summed E-state index contributed by atoms with van der Waals surface area (Å²) >= 11 is 0. The number of hydrogen-bond acceptors (Lipinski definition) is 3. The second-order valence-corrected chi connectivity index (χ2v) is 5.74. The second kappa shape index (κ2) is 5.72. The summed E-state index contributed by atoms with van der Waals surface area (Å²) in [6.07, 6.45) is 5.15. The van der Waals surface area contributed by atoms with Crippen molar-refractivity contribution in [3.63, 3.8) is 0 Å². The summed E-state index contributed by atoms with van der Waals surface area (Å²) in [5.74, 6) is -0.406. The van der Waals surface area contributed by atoms with Gasteiger partial charge in [-0.1, -0.05) is 24.6 Å². The molecule has 1 N–H and O–H groups in total. The Balaban J connectivity index is 1.79. The summed E-state index contributed by atoms with van der Waals surface area (Å²) in [5, 5.41) is 3.32. The second-order valence-electron chi connectivity index (χ2n) is 5.74. The third-order valence-corrected chi connectivity index (χ3v) is 4.36. The van der Waals surface area contributed by atoms with Gasteiger partial charge in [0.25, 0.3) is 0 Å². The lowest BCUT2D eigenvalue weighted by Crippen LogP contribution is -2.39. The molecule has 0 spiro atoms. The predicted molar refractivity (Wildman–Crippen MR) is 82.6 cm³/mol. The number of ketones is 1. The van der Waals surface area contributed by atoms with Crippen molar-refractivity contribution in [3.8, 4) is 0 Å². The average Bonchev–Trinajstić information content (AvgIpc) is 2.53. The highest BCUT2D eigenvalue weighted by Crippen LogP contribution is 2.27. The third kappa shape index (κ3) is 2.71. The van der Waals surface area contributed by atoms with Crippen molar-refractivity contribution < 1.29 is 9.59 Å². The Morgan fingerprint density at radius 3 is 2.90 bits per heavy atom. The van der Waals surface area contributed by atoms with Gasteiger partial charge in [0.05, 0.1) is 12.5 Å². The Morgan fingerprint density at radius 1 is 1.29 bits per heavy atom. The number of nitrogens with one attached hydrogen (secondary N) is 1. The first-order valence-electron chi connectivity index (χ1n) is 7.50. The molecular weight excluding hydrogens is 264 g/mol. The minimum absolute atomic E-state index is 0.0628. The van der Waals surface area contributed by atoms with E-state index in [-0.39, 0.29) is 11.7 Å². The molecule has 1 unspecified atom stereocenters. The van der Waals surface area contributed by atoms with Gasteiger partial charge >= 0.3 is 0 Å². The Bertz CT molecular complexity index is 607. The molecule has 1 atom stereocenters. The van der Waals surface area contributed by atoms with Gasteiger partial charge in [0.1, 0.15) is 5.78 Å². The fraction of sp³-hybridized carbons (Fsp3) is 0.412. The van der Waals surface area contributed by atoms with E-state index in [9.17, 15) is 9.59 Å². The van der Waals surface area contributed by atoms with Crippen LogP contribution in [0.2, 0.25) is 0 Å². The number of carbonyl (C=O) groups is 2. The van der Waals surface area contributed by atoms with Gasteiger partial charge in [-0.05, 0) is 30.5 Å². The zero-order valence-corrected chi connectivity index (χ0v) is 12.3. The first kappa shape index (κ1) is 13.9. The number of amides is 1. The van der Waals surface area contributed by atoms with Gasteiger partial charge in [-0.25, -0.2) is 0 Å². The topological polar surface area (TPSA) is 49.4 Å². The van der Waals surface area contributed by atoms with E-state index in [1.54, 1.807) is 11.9 Å². The van der Waals surface area contributed by atoms with Crippen LogP contribution in [-0.4, -0.2) is 30.2 Å². The number of hydrogen-bond donors (Lipinski definition) is 1. The number of carbonyl (C=O) groups excluding carboxylic acids is 2. The number of fused-ring (bicyclic) bond motifs is 1. The van der Waals surface area contributed by atoms with Crippen molar-refractivity contribution in [1.29, 1.82) is 0 Å². The molecule has 1 fully saturated rings. The van der Waals surface area contributed by atoms with Crippen molar-refractivity contribution in [3.05, 3.63) is 35.5 Å². The van der Waals surface area contributed by atoms with Crippen LogP contribution in [0.4, 0.5) is 5.69 Å². The smallest absolute Gasteiger partial charge is 0.237 e. The molecule has 1 aliphatic carbocycles. The first-order chi connectivity index (χ1) is 10.2. The molecular formula is C17H20N2O2. The van der Waals surface area contributed by atoms with E-state index < -0.39 is 5.92 Å². The molecule has 0 saturated heterocycles. The molecule has 2 aliphatic rings. The molecule has 0 aromatic heterocycles. The highest BCUT2D eigenvalue weighted by molar-refractivity contribution is 6.02. The number of Topliss-reactive ketones (excluding diaryl/α,β-unsaturated/α-hetero) is 1. The summed E-state index contributed by atoms with van der Waals surface area (Å²) in [7, 11) is 1.77. The van der Waals surface area contributed by atoms with E-state index in [4.69, 9.17) is 0 Å². The van der Waals surface area contributed by atoms with Gasteiger partial charge in [-0.3, -0.25) is 9.59 Å². The molecule has 1 aliphatic heterocycles. The van der Waals surface area contributed by atoms with E-state index in [0.29, 0.717) is 19.4 Å².